The largest absolute Gasteiger partial charge is 0.289 e. The molecule has 174 valence electrons. The van der Waals surface area contributed by atoms with E-state index in [2.05, 4.69) is 0 Å². The predicted molar refractivity (Wildman–Crippen MR) is 146 cm³/mol. The van der Waals surface area contributed by atoms with Crippen molar-refractivity contribution in [1.29, 1.82) is 0 Å². The van der Waals surface area contributed by atoms with E-state index in [0.29, 0.717) is 0 Å². The van der Waals surface area contributed by atoms with Crippen molar-refractivity contribution in [3.63, 3.8) is 0 Å². The van der Waals surface area contributed by atoms with Gasteiger partial charge in [-0.1, -0.05) is 109 Å². The van der Waals surface area contributed by atoms with E-state index in [1.807, 2.05) is 91.0 Å². The van der Waals surface area contributed by atoms with E-state index in [1.165, 1.54) is 36.4 Å². The molecule has 0 aliphatic rings. The molecule has 0 aliphatic carbocycles. The highest BCUT2D eigenvalue weighted by Crippen LogP contribution is 2.16. The number of hydrogen-bond donors (Lipinski definition) is 0. The minimum atomic E-state index is -0.290. The fourth-order valence-electron chi connectivity index (χ4n) is 3.55. The molecule has 0 fully saturated rings. The molecule has 0 aromatic heterocycles. The van der Waals surface area contributed by atoms with Gasteiger partial charge in [-0.15, -0.1) is 0 Å². The Bertz CT molecular complexity index is 1250. The first kappa shape index (κ1) is 24.2. The zero-order valence-corrected chi connectivity index (χ0v) is 19.6. The Kier molecular flexibility index (Phi) is 8.08. The second-order valence-corrected chi connectivity index (χ2v) is 8.12. The number of ketones is 3. The van der Waals surface area contributed by atoms with Crippen molar-refractivity contribution in [2.75, 3.05) is 0 Å². The van der Waals surface area contributed by atoms with Gasteiger partial charge in [-0.3, -0.25) is 14.4 Å². The van der Waals surface area contributed by atoms with Crippen LogP contribution in [0, 0.1) is 0 Å². The summed E-state index contributed by atoms with van der Waals surface area (Å²) in [5.74, 6) is -0.870. The third kappa shape index (κ3) is 6.81. The zero-order chi connectivity index (χ0) is 25.2. The van der Waals surface area contributed by atoms with Crippen LogP contribution in [0.15, 0.2) is 127 Å². The normalized spacial score (nSPS) is 11.3. The Morgan fingerprint density at radius 3 is 0.889 bits per heavy atom. The molecule has 0 atom stereocenters. The molecular weight excluding hydrogens is 444 g/mol. The molecule has 0 N–H and O–H groups in total. The van der Waals surface area contributed by atoms with Crippen LogP contribution >= 0.6 is 0 Å². The van der Waals surface area contributed by atoms with Gasteiger partial charge >= 0.3 is 0 Å². The molecule has 0 amide bonds. The maximum absolute atomic E-state index is 13.0. The molecular formula is C33H24O3. The van der Waals surface area contributed by atoms with Gasteiger partial charge in [-0.25, -0.2) is 0 Å². The fraction of sp³-hybridized carbons (Fsp3) is 0. The number of hydrogen-bond acceptors (Lipinski definition) is 3. The standard InChI is InChI=1S/C33H24O3/c34-31(19-16-25-10-4-1-5-11-25)28-22-29(32(35)20-17-26-12-6-2-7-13-26)24-30(23-28)33(36)21-18-27-14-8-3-9-15-27/h1-24H. The van der Waals surface area contributed by atoms with Crippen molar-refractivity contribution in [3.05, 3.63) is 161 Å². The molecule has 0 aliphatic heterocycles. The molecule has 0 spiro atoms. The Labute approximate surface area is 210 Å². The second-order valence-electron chi connectivity index (χ2n) is 8.12. The van der Waals surface area contributed by atoms with Crippen LogP contribution in [0.25, 0.3) is 18.2 Å². The first-order valence-electron chi connectivity index (χ1n) is 11.6. The minimum Gasteiger partial charge on any atom is -0.289 e. The van der Waals surface area contributed by atoms with Gasteiger partial charge in [0.25, 0.3) is 0 Å². The van der Waals surface area contributed by atoms with Crippen LogP contribution in [0.5, 0.6) is 0 Å². The summed E-state index contributed by atoms with van der Waals surface area (Å²) in [5.41, 5.74) is 3.47. The molecule has 0 saturated carbocycles. The van der Waals surface area contributed by atoms with E-state index in [0.717, 1.165) is 16.7 Å². The van der Waals surface area contributed by atoms with Crippen molar-refractivity contribution >= 4 is 35.6 Å². The molecule has 4 rings (SSSR count). The first-order chi connectivity index (χ1) is 17.6. The van der Waals surface area contributed by atoms with Crippen LogP contribution in [0.4, 0.5) is 0 Å². The van der Waals surface area contributed by atoms with Crippen LogP contribution in [-0.4, -0.2) is 17.3 Å². The molecule has 36 heavy (non-hydrogen) atoms. The molecule has 3 heteroatoms. The molecule has 0 heterocycles. The van der Waals surface area contributed by atoms with E-state index in [-0.39, 0.29) is 34.0 Å². The third-order valence-corrected chi connectivity index (χ3v) is 5.47. The summed E-state index contributed by atoms with van der Waals surface area (Å²) in [6.07, 6.45) is 9.49. The lowest BCUT2D eigenvalue weighted by Gasteiger charge is -2.05. The van der Waals surface area contributed by atoms with E-state index >= 15 is 0 Å². The fourth-order valence-corrected chi connectivity index (χ4v) is 3.55. The number of allylic oxidation sites excluding steroid dienone is 3. The molecule has 0 radical (unpaired) electrons. The molecule has 0 saturated heterocycles. The van der Waals surface area contributed by atoms with Crippen LogP contribution in [0.1, 0.15) is 47.8 Å². The van der Waals surface area contributed by atoms with Gasteiger partial charge in [-0.2, -0.15) is 0 Å². The number of carbonyl (C=O) groups excluding carboxylic acids is 3. The van der Waals surface area contributed by atoms with Gasteiger partial charge in [0, 0.05) is 16.7 Å². The molecule has 4 aromatic rings. The predicted octanol–water partition coefficient (Wildman–Crippen LogP) is 7.37. The lowest BCUT2D eigenvalue weighted by molar-refractivity contribution is 0.104. The van der Waals surface area contributed by atoms with Crippen molar-refractivity contribution in [3.8, 4) is 0 Å². The highest BCUT2D eigenvalue weighted by molar-refractivity contribution is 6.15. The van der Waals surface area contributed by atoms with Gasteiger partial charge in [0.2, 0.25) is 0 Å². The Hall–Kier alpha value is -4.89. The van der Waals surface area contributed by atoms with Gasteiger partial charge in [-0.05, 0) is 53.1 Å². The average Bonchev–Trinajstić information content (AvgIpc) is 2.94. The summed E-state index contributed by atoms with van der Waals surface area (Å²) in [7, 11) is 0. The van der Waals surface area contributed by atoms with Crippen LogP contribution in [0.3, 0.4) is 0 Å². The Morgan fingerprint density at radius 1 is 0.389 bits per heavy atom. The summed E-state index contributed by atoms with van der Waals surface area (Å²) >= 11 is 0. The van der Waals surface area contributed by atoms with Crippen LogP contribution in [0.2, 0.25) is 0 Å². The maximum atomic E-state index is 13.0. The molecule has 0 unspecified atom stereocenters. The molecule has 4 aromatic carbocycles. The van der Waals surface area contributed by atoms with E-state index in [1.54, 1.807) is 18.2 Å². The second kappa shape index (κ2) is 12.0. The summed E-state index contributed by atoms with van der Waals surface area (Å²) in [6.45, 7) is 0. The summed E-state index contributed by atoms with van der Waals surface area (Å²) in [4.78, 5) is 38.9. The van der Waals surface area contributed by atoms with Gasteiger partial charge in [0.1, 0.15) is 0 Å². The lowest BCUT2D eigenvalue weighted by Crippen LogP contribution is -2.05. The monoisotopic (exact) mass is 468 g/mol. The van der Waals surface area contributed by atoms with E-state index in [4.69, 9.17) is 0 Å². The molecule has 0 bridgehead atoms. The van der Waals surface area contributed by atoms with Crippen molar-refractivity contribution < 1.29 is 14.4 Å². The minimum absolute atomic E-state index is 0.276. The average molecular weight is 469 g/mol. The Balaban J connectivity index is 1.65. The highest BCUT2D eigenvalue weighted by Gasteiger charge is 2.13. The highest BCUT2D eigenvalue weighted by atomic mass is 16.1. The van der Waals surface area contributed by atoms with E-state index in [9.17, 15) is 14.4 Å². The maximum Gasteiger partial charge on any atom is 0.185 e. The van der Waals surface area contributed by atoms with Gasteiger partial charge in [0.15, 0.2) is 17.3 Å². The van der Waals surface area contributed by atoms with E-state index < -0.39 is 0 Å². The van der Waals surface area contributed by atoms with Gasteiger partial charge in [0.05, 0.1) is 0 Å². The van der Waals surface area contributed by atoms with Crippen LogP contribution in [-0.2, 0) is 0 Å². The Morgan fingerprint density at radius 2 is 0.639 bits per heavy atom. The first-order valence-corrected chi connectivity index (χ1v) is 11.6. The quantitative estimate of drug-likeness (QED) is 0.190. The van der Waals surface area contributed by atoms with Crippen molar-refractivity contribution in [1.82, 2.24) is 0 Å². The third-order valence-electron chi connectivity index (χ3n) is 5.47. The topological polar surface area (TPSA) is 51.2 Å². The van der Waals surface area contributed by atoms with Crippen LogP contribution < -0.4 is 0 Å². The lowest BCUT2D eigenvalue weighted by atomic mass is 9.97. The molecule has 3 nitrogen and oxygen atoms in total. The number of rotatable bonds is 9. The van der Waals surface area contributed by atoms with Crippen molar-refractivity contribution in [2.45, 2.75) is 0 Å². The van der Waals surface area contributed by atoms with Crippen molar-refractivity contribution in [2.24, 2.45) is 0 Å². The van der Waals surface area contributed by atoms with Gasteiger partial charge < -0.3 is 0 Å². The SMILES string of the molecule is O=C(C=Cc1ccccc1)c1cc(C(=O)C=Cc2ccccc2)cc(C(=O)C=Cc2ccccc2)c1. The summed E-state index contributed by atoms with van der Waals surface area (Å²) < 4.78 is 0. The smallest absolute Gasteiger partial charge is 0.185 e. The zero-order valence-electron chi connectivity index (χ0n) is 19.6. The summed E-state index contributed by atoms with van der Waals surface area (Å²) in [6, 6.07) is 33.0. The number of benzene rings is 4. The summed E-state index contributed by atoms with van der Waals surface area (Å²) in [5, 5.41) is 0. The number of carbonyl (C=O) groups is 3.